The second-order valence-corrected chi connectivity index (χ2v) is 6.92. The molecule has 1 aromatic heterocycles. The number of rotatable bonds is 7. The molecular formula is C21H24F2N2O2. The van der Waals surface area contributed by atoms with Crippen LogP contribution in [0.5, 0.6) is 0 Å². The third-order valence-electron chi connectivity index (χ3n) is 5.11. The lowest BCUT2D eigenvalue weighted by molar-refractivity contribution is -0.121. The predicted octanol–water partition coefficient (Wildman–Crippen LogP) is 3.48. The van der Waals surface area contributed by atoms with Gasteiger partial charge in [-0.15, -0.1) is 0 Å². The van der Waals surface area contributed by atoms with Crippen molar-refractivity contribution in [2.24, 2.45) is 0 Å². The van der Waals surface area contributed by atoms with E-state index in [2.05, 4.69) is 22.0 Å². The lowest BCUT2D eigenvalue weighted by Crippen LogP contribution is -2.30. The maximum atomic E-state index is 12.5. The molecule has 0 aliphatic heterocycles. The summed E-state index contributed by atoms with van der Waals surface area (Å²) in [6.45, 7) is 1.97. The Labute approximate surface area is 157 Å². The molecule has 0 unspecified atom stereocenters. The molecule has 0 bridgehead atoms. The van der Waals surface area contributed by atoms with E-state index in [0.717, 1.165) is 37.2 Å². The van der Waals surface area contributed by atoms with Crippen molar-refractivity contribution in [1.29, 1.82) is 0 Å². The highest BCUT2D eigenvalue weighted by molar-refractivity contribution is 6.01. The quantitative estimate of drug-likeness (QED) is 0.807. The van der Waals surface area contributed by atoms with E-state index < -0.39 is 18.9 Å². The van der Waals surface area contributed by atoms with Crippen LogP contribution in [0.15, 0.2) is 30.3 Å². The van der Waals surface area contributed by atoms with Gasteiger partial charge in [-0.25, -0.2) is 8.78 Å². The zero-order valence-electron chi connectivity index (χ0n) is 15.4. The fraction of sp³-hybridized carbons (Fsp3) is 0.429. The molecule has 0 radical (unpaired) electrons. The van der Waals surface area contributed by atoms with Gasteiger partial charge in [-0.3, -0.25) is 9.59 Å². The molecule has 0 saturated heterocycles. The number of fused-ring (bicyclic) bond motifs is 1. The second kappa shape index (κ2) is 8.46. The van der Waals surface area contributed by atoms with Crippen LogP contribution in [0.3, 0.4) is 0 Å². The number of carbonyl (C=O) groups excluding carboxylic acids is 2. The van der Waals surface area contributed by atoms with Crippen molar-refractivity contribution in [2.45, 2.75) is 52.0 Å². The lowest BCUT2D eigenvalue weighted by atomic mass is 9.92. The van der Waals surface area contributed by atoms with Crippen LogP contribution in [0.2, 0.25) is 0 Å². The molecule has 0 atom stereocenters. The molecule has 0 spiro atoms. The summed E-state index contributed by atoms with van der Waals surface area (Å²) < 4.78 is 26.8. The van der Waals surface area contributed by atoms with Crippen LogP contribution in [-0.4, -0.2) is 29.2 Å². The molecule has 3 rings (SSSR count). The number of nitrogens with one attached hydrogen (secondary N) is 1. The summed E-state index contributed by atoms with van der Waals surface area (Å²) in [6, 6.07) is 10.1. The fourth-order valence-corrected chi connectivity index (χ4v) is 3.80. The Hall–Kier alpha value is -2.50. The van der Waals surface area contributed by atoms with Crippen molar-refractivity contribution in [2.75, 3.05) is 6.54 Å². The number of benzene rings is 1. The first kappa shape index (κ1) is 19.3. The number of amides is 1. The van der Waals surface area contributed by atoms with Crippen molar-refractivity contribution in [3.63, 3.8) is 0 Å². The molecule has 6 heteroatoms. The van der Waals surface area contributed by atoms with E-state index in [4.69, 9.17) is 0 Å². The third kappa shape index (κ3) is 4.43. The lowest BCUT2D eigenvalue weighted by Gasteiger charge is -2.16. The number of halogens is 2. The standard InChI is InChI=1S/C21H24F2N2O2/c1-14-16(12-20(27)24-13-19(22)23)21-17(8-5-9-18(21)26)25(14)11-10-15-6-3-2-4-7-15/h2-4,6-7,19H,5,8-13H2,1H3,(H,24,27). The molecule has 1 amide bonds. The smallest absolute Gasteiger partial charge is 0.255 e. The van der Waals surface area contributed by atoms with Gasteiger partial charge in [0, 0.05) is 29.9 Å². The normalized spacial score (nSPS) is 13.7. The maximum absolute atomic E-state index is 12.5. The number of Topliss-reactive ketones (excluding diaryl/α,β-unsaturated/α-hetero) is 1. The highest BCUT2D eigenvalue weighted by atomic mass is 19.3. The van der Waals surface area contributed by atoms with E-state index in [1.165, 1.54) is 5.56 Å². The van der Waals surface area contributed by atoms with Gasteiger partial charge < -0.3 is 9.88 Å². The molecule has 1 heterocycles. The number of aryl methyl sites for hydroxylation is 1. The third-order valence-corrected chi connectivity index (χ3v) is 5.11. The van der Waals surface area contributed by atoms with Crippen LogP contribution in [0, 0.1) is 6.92 Å². The van der Waals surface area contributed by atoms with Crippen LogP contribution in [0.1, 0.15) is 45.7 Å². The van der Waals surface area contributed by atoms with Crippen LogP contribution >= 0.6 is 0 Å². The van der Waals surface area contributed by atoms with Crippen LogP contribution in [-0.2, 0) is 30.6 Å². The van der Waals surface area contributed by atoms with Gasteiger partial charge in [-0.2, -0.15) is 0 Å². The molecule has 1 aromatic carbocycles. The highest BCUT2D eigenvalue weighted by Gasteiger charge is 2.28. The monoisotopic (exact) mass is 374 g/mol. The van der Waals surface area contributed by atoms with E-state index in [-0.39, 0.29) is 12.2 Å². The zero-order valence-corrected chi connectivity index (χ0v) is 15.4. The number of hydrogen-bond donors (Lipinski definition) is 1. The summed E-state index contributed by atoms with van der Waals surface area (Å²) in [5, 5.41) is 2.24. The summed E-state index contributed by atoms with van der Waals surface area (Å²) in [4.78, 5) is 24.6. The second-order valence-electron chi connectivity index (χ2n) is 6.92. The molecule has 2 aromatic rings. The van der Waals surface area contributed by atoms with E-state index in [1.54, 1.807) is 0 Å². The number of carbonyl (C=O) groups is 2. The van der Waals surface area contributed by atoms with Crippen molar-refractivity contribution < 1.29 is 18.4 Å². The minimum absolute atomic E-state index is 0.0367. The van der Waals surface area contributed by atoms with Gasteiger partial charge in [-0.1, -0.05) is 30.3 Å². The average molecular weight is 374 g/mol. The molecule has 27 heavy (non-hydrogen) atoms. The molecule has 1 aliphatic carbocycles. The van der Waals surface area contributed by atoms with Crippen LogP contribution in [0.4, 0.5) is 8.78 Å². The Morgan fingerprint density at radius 1 is 1.22 bits per heavy atom. The molecule has 144 valence electrons. The Balaban J connectivity index is 1.85. The van der Waals surface area contributed by atoms with Crippen molar-refractivity contribution in [3.05, 3.63) is 58.4 Å². The van der Waals surface area contributed by atoms with Crippen molar-refractivity contribution in [3.8, 4) is 0 Å². The van der Waals surface area contributed by atoms with E-state index in [9.17, 15) is 18.4 Å². The van der Waals surface area contributed by atoms with Crippen molar-refractivity contribution in [1.82, 2.24) is 9.88 Å². The summed E-state index contributed by atoms with van der Waals surface area (Å²) in [5.41, 5.74) is 4.40. The predicted molar refractivity (Wildman–Crippen MR) is 99.3 cm³/mol. The first-order chi connectivity index (χ1) is 13.0. The van der Waals surface area contributed by atoms with Gasteiger partial charge in [0.1, 0.15) is 0 Å². The number of aromatic nitrogens is 1. The highest BCUT2D eigenvalue weighted by Crippen LogP contribution is 2.30. The van der Waals surface area contributed by atoms with Gasteiger partial charge in [0.25, 0.3) is 6.43 Å². The minimum atomic E-state index is -2.58. The van der Waals surface area contributed by atoms with Gasteiger partial charge in [-0.05, 0) is 37.3 Å². The molecule has 1 aliphatic rings. The summed E-state index contributed by atoms with van der Waals surface area (Å²) in [7, 11) is 0. The summed E-state index contributed by atoms with van der Waals surface area (Å²) in [5.74, 6) is -0.422. The molecule has 1 N–H and O–H groups in total. The SMILES string of the molecule is Cc1c(CC(=O)NCC(F)F)c2c(n1CCc1ccccc1)CCCC2=O. The number of ketones is 1. The zero-order chi connectivity index (χ0) is 19.4. The molecule has 0 fully saturated rings. The topological polar surface area (TPSA) is 51.1 Å². The minimum Gasteiger partial charge on any atom is -0.350 e. The Kier molecular flexibility index (Phi) is 6.04. The van der Waals surface area contributed by atoms with Crippen LogP contribution in [0.25, 0.3) is 0 Å². The van der Waals surface area contributed by atoms with Crippen LogP contribution < -0.4 is 5.32 Å². The Morgan fingerprint density at radius 2 is 1.96 bits per heavy atom. The van der Waals surface area contributed by atoms with Gasteiger partial charge in [0.2, 0.25) is 5.91 Å². The number of hydrogen-bond acceptors (Lipinski definition) is 2. The van der Waals surface area contributed by atoms with E-state index >= 15 is 0 Å². The number of nitrogens with zero attached hydrogens (tertiary/aromatic N) is 1. The molecular weight excluding hydrogens is 350 g/mol. The summed E-state index contributed by atoms with van der Waals surface area (Å²) in [6.07, 6.45) is 0.285. The summed E-state index contributed by atoms with van der Waals surface area (Å²) >= 11 is 0. The number of alkyl halides is 2. The fourth-order valence-electron chi connectivity index (χ4n) is 3.80. The van der Waals surface area contributed by atoms with E-state index in [0.29, 0.717) is 17.5 Å². The van der Waals surface area contributed by atoms with Gasteiger partial charge >= 0.3 is 0 Å². The maximum Gasteiger partial charge on any atom is 0.255 e. The molecule has 4 nitrogen and oxygen atoms in total. The molecule has 0 saturated carbocycles. The van der Waals surface area contributed by atoms with Gasteiger partial charge in [0.05, 0.1) is 13.0 Å². The van der Waals surface area contributed by atoms with Gasteiger partial charge in [0.15, 0.2) is 5.78 Å². The first-order valence-corrected chi connectivity index (χ1v) is 9.30. The average Bonchev–Trinajstić information content (AvgIpc) is 2.92. The van der Waals surface area contributed by atoms with Crippen molar-refractivity contribution >= 4 is 11.7 Å². The van der Waals surface area contributed by atoms with E-state index in [1.807, 2.05) is 25.1 Å². The largest absolute Gasteiger partial charge is 0.350 e. The Bertz CT molecular complexity index is 828. The first-order valence-electron chi connectivity index (χ1n) is 9.30. The Morgan fingerprint density at radius 3 is 2.67 bits per heavy atom.